The van der Waals surface area contributed by atoms with Crippen molar-refractivity contribution in [2.24, 2.45) is 4.99 Å². The number of benzene rings is 1. The molecule has 1 aliphatic carbocycles. The number of nitrogens with one attached hydrogen (secondary N) is 1. The zero-order valence-corrected chi connectivity index (χ0v) is 18.4. The number of aliphatic hydroxyl groups excluding tert-OH is 1. The van der Waals surface area contributed by atoms with E-state index < -0.39 is 11.9 Å². The second-order valence-corrected chi connectivity index (χ2v) is 9.34. The smallest absolute Gasteiger partial charge is 0.255 e. The van der Waals surface area contributed by atoms with Crippen LogP contribution in [0, 0.1) is 0 Å². The van der Waals surface area contributed by atoms with E-state index in [1.54, 1.807) is 29.5 Å². The predicted molar refractivity (Wildman–Crippen MR) is 122 cm³/mol. The molecule has 8 nitrogen and oxygen atoms in total. The summed E-state index contributed by atoms with van der Waals surface area (Å²) in [5.74, 6) is -1.28. The zero-order valence-electron chi connectivity index (χ0n) is 17.6. The Morgan fingerprint density at radius 1 is 1.12 bits per heavy atom. The fourth-order valence-corrected chi connectivity index (χ4v) is 5.44. The number of ketones is 1. The first-order chi connectivity index (χ1) is 15.9. The minimum absolute atomic E-state index is 0.0159. The number of nitrogens with zero attached hydrogens (tertiary/aromatic N) is 2. The lowest BCUT2D eigenvalue weighted by Crippen LogP contribution is -2.52. The molecule has 168 valence electrons. The van der Waals surface area contributed by atoms with Gasteiger partial charge in [-0.3, -0.25) is 29.5 Å². The molecular weight excluding hydrogens is 442 g/mol. The van der Waals surface area contributed by atoms with Gasteiger partial charge in [0.2, 0.25) is 11.8 Å². The van der Waals surface area contributed by atoms with Gasteiger partial charge in [-0.1, -0.05) is 12.1 Å². The molecule has 2 unspecified atom stereocenters. The molecule has 2 N–H and O–H groups in total. The van der Waals surface area contributed by atoms with Gasteiger partial charge in [-0.05, 0) is 30.0 Å². The largest absolute Gasteiger partial charge is 0.511 e. The Morgan fingerprint density at radius 3 is 2.70 bits per heavy atom. The molecule has 0 radical (unpaired) electrons. The number of amides is 3. The second kappa shape index (κ2) is 8.40. The average molecular weight is 464 g/mol. The van der Waals surface area contributed by atoms with E-state index in [1.807, 2.05) is 17.5 Å². The van der Waals surface area contributed by atoms with Gasteiger partial charge in [0, 0.05) is 53.9 Å². The number of aliphatic imine (C=N–C) groups is 1. The van der Waals surface area contributed by atoms with Crippen molar-refractivity contribution in [3.8, 4) is 0 Å². The fraction of sp³-hybridized carbons (Fsp3) is 0.292. The molecule has 0 saturated carbocycles. The van der Waals surface area contributed by atoms with Crippen LogP contribution in [0.25, 0.3) is 0 Å². The molecule has 2 aromatic rings. The molecule has 3 amide bonds. The Balaban J connectivity index is 1.38. The van der Waals surface area contributed by atoms with Gasteiger partial charge < -0.3 is 10.0 Å². The van der Waals surface area contributed by atoms with Crippen molar-refractivity contribution in [2.45, 2.75) is 44.2 Å². The molecule has 2 atom stereocenters. The quantitative estimate of drug-likeness (QED) is 0.534. The van der Waals surface area contributed by atoms with Crippen molar-refractivity contribution in [1.29, 1.82) is 0 Å². The van der Waals surface area contributed by atoms with Crippen molar-refractivity contribution >= 4 is 46.7 Å². The highest BCUT2D eigenvalue weighted by atomic mass is 32.1. The number of rotatable bonds is 4. The van der Waals surface area contributed by atoms with Crippen LogP contribution in [0.15, 0.2) is 52.0 Å². The summed E-state index contributed by atoms with van der Waals surface area (Å²) >= 11 is 1.57. The van der Waals surface area contributed by atoms with Crippen LogP contribution in [0.2, 0.25) is 0 Å². The van der Waals surface area contributed by atoms with E-state index >= 15 is 0 Å². The third kappa shape index (κ3) is 3.89. The van der Waals surface area contributed by atoms with Crippen LogP contribution in [-0.2, 0) is 20.9 Å². The van der Waals surface area contributed by atoms with Crippen molar-refractivity contribution in [1.82, 2.24) is 10.2 Å². The van der Waals surface area contributed by atoms with Crippen LogP contribution in [0.3, 0.4) is 0 Å². The number of fused-ring (bicyclic) bond motifs is 1. The molecule has 3 aliphatic rings. The average Bonchev–Trinajstić information content (AvgIpc) is 3.43. The van der Waals surface area contributed by atoms with Gasteiger partial charge in [-0.2, -0.15) is 0 Å². The number of carbonyl (C=O) groups excluding carboxylic acids is 4. The molecule has 2 aliphatic heterocycles. The normalized spacial score (nSPS) is 23.5. The highest BCUT2D eigenvalue weighted by Crippen LogP contribution is 2.36. The molecule has 9 heteroatoms. The summed E-state index contributed by atoms with van der Waals surface area (Å²) in [6.07, 6.45) is 2.52. The number of thiophene rings is 1. The van der Waals surface area contributed by atoms with Gasteiger partial charge in [0.1, 0.15) is 11.8 Å². The predicted octanol–water partition coefficient (Wildman–Crippen LogP) is 3.17. The SMILES string of the molecule is O=C1CCC(N2Cc3c(N=CC4=C(O)CC(c5cccs5)CC4=O)cccc3C2=O)C(=O)N1. The monoisotopic (exact) mass is 463 g/mol. The number of hydrogen-bond donors (Lipinski definition) is 2. The molecule has 1 fully saturated rings. The highest BCUT2D eigenvalue weighted by Gasteiger charge is 2.39. The van der Waals surface area contributed by atoms with Crippen molar-refractivity contribution in [3.05, 3.63) is 63.0 Å². The lowest BCUT2D eigenvalue weighted by atomic mass is 9.86. The minimum Gasteiger partial charge on any atom is -0.511 e. The molecule has 33 heavy (non-hydrogen) atoms. The Labute approximate surface area is 193 Å². The highest BCUT2D eigenvalue weighted by molar-refractivity contribution is 7.10. The lowest BCUT2D eigenvalue weighted by molar-refractivity contribution is -0.137. The van der Waals surface area contributed by atoms with Crippen LogP contribution >= 0.6 is 11.3 Å². The first-order valence-corrected chi connectivity index (χ1v) is 11.6. The summed E-state index contributed by atoms with van der Waals surface area (Å²) < 4.78 is 0. The van der Waals surface area contributed by atoms with Gasteiger partial charge in [-0.25, -0.2) is 0 Å². The molecular formula is C24H21N3O5S. The summed E-state index contributed by atoms with van der Waals surface area (Å²) in [4.78, 5) is 56.3. The summed E-state index contributed by atoms with van der Waals surface area (Å²) in [6.45, 7) is 0.188. The number of piperidine rings is 1. The Morgan fingerprint density at radius 2 is 1.97 bits per heavy atom. The van der Waals surface area contributed by atoms with Crippen molar-refractivity contribution in [3.63, 3.8) is 0 Å². The van der Waals surface area contributed by atoms with Crippen LogP contribution in [0.4, 0.5) is 5.69 Å². The third-order valence-electron chi connectivity index (χ3n) is 6.32. The maximum atomic E-state index is 12.9. The van der Waals surface area contributed by atoms with E-state index in [0.29, 0.717) is 29.7 Å². The van der Waals surface area contributed by atoms with E-state index in [4.69, 9.17) is 0 Å². The van der Waals surface area contributed by atoms with E-state index in [9.17, 15) is 24.3 Å². The Bertz CT molecular complexity index is 1230. The van der Waals surface area contributed by atoms with Gasteiger partial charge in [-0.15, -0.1) is 11.3 Å². The van der Waals surface area contributed by atoms with Crippen LogP contribution in [0.1, 0.15) is 52.4 Å². The molecule has 1 aromatic heterocycles. The van der Waals surface area contributed by atoms with Crippen LogP contribution in [-0.4, -0.2) is 45.8 Å². The number of allylic oxidation sites excluding steroid dienone is 2. The lowest BCUT2D eigenvalue weighted by Gasteiger charge is -2.29. The minimum atomic E-state index is -0.708. The molecule has 0 bridgehead atoms. The van der Waals surface area contributed by atoms with Gasteiger partial charge >= 0.3 is 0 Å². The summed E-state index contributed by atoms with van der Waals surface area (Å²) in [5.41, 5.74) is 1.79. The number of Topliss-reactive ketones (excluding diaryl/α,β-unsaturated/α-hetero) is 1. The maximum absolute atomic E-state index is 12.9. The van der Waals surface area contributed by atoms with Gasteiger partial charge in [0.25, 0.3) is 5.91 Å². The van der Waals surface area contributed by atoms with Crippen LogP contribution < -0.4 is 5.32 Å². The Kier molecular flexibility index (Phi) is 5.41. The molecule has 3 heterocycles. The van der Waals surface area contributed by atoms with E-state index in [0.717, 1.165) is 4.88 Å². The summed E-state index contributed by atoms with van der Waals surface area (Å²) in [6, 6.07) is 8.29. The molecule has 0 spiro atoms. The third-order valence-corrected chi connectivity index (χ3v) is 7.35. The second-order valence-electron chi connectivity index (χ2n) is 8.37. The number of aliphatic hydroxyl groups is 1. The first kappa shape index (κ1) is 21.3. The molecule has 1 aromatic carbocycles. The van der Waals surface area contributed by atoms with Crippen molar-refractivity contribution < 1.29 is 24.3 Å². The van der Waals surface area contributed by atoms with Gasteiger partial charge in [0.05, 0.1) is 11.3 Å². The maximum Gasteiger partial charge on any atom is 0.255 e. The van der Waals surface area contributed by atoms with E-state index in [2.05, 4.69) is 10.3 Å². The number of imide groups is 1. The topological polar surface area (TPSA) is 116 Å². The van der Waals surface area contributed by atoms with Crippen molar-refractivity contribution in [2.75, 3.05) is 0 Å². The molecule has 1 saturated heterocycles. The van der Waals surface area contributed by atoms with E-state index in [-0.39, 0.29) is 54.2 Å². The standard InChI is InChI=1S/C24H21N3O5S/c28-19-9-13(21-5-2-8-33-21)10-20(29)15(19)11-25-17-4-1-3-14-16(17)12-27(24(14)32)18-6-7-22(30)26-23(18)31/h1-5,8,11,13,18,28H,6-7,9-10,12H2,(H,26,30,31). The number of hydrogen-bond acceptors (Lipinski definition) is 7. The zero-order chi connectivity index (χ0) is 23.1. The molecule has 5 rings (SSSR count). The first-order valence-electron chi connectivity index (χ1n) is 10.7. The van der Waals surface area contributed by atoms with E-state index in [1.165, 1.54) is 11.1 Å². The summed E-state index contributed by atoms with van der Waals surface area (Å²) in [5, 5.41) is 14.8. The number of carbonyl (C=O) groups is 4. The van der Waals surface area contributed by atoms with Crippen LogP contribution in [0.5, 0.6) is 0 Å². The fourth-order valence-electron chi connectivity index (χ4n) is 4.61. The Hall–Kier alpha value is -3.59. The summed E-state index contributed by atoms with van der Waals surface area (Å²) in [7, 11) is 0. The van der Waals surface area contributed by atoms with Gasteiger partial charge in [0.15, 0.2) is 5.78 Å².